The number of aliphatic hydroxyl groups is 4. The number of aliphatic hydroxyl groups excluding tert-OH is 4. The lowest BCUT2D eigenvalue weighted by atomic mass is 10.00. The van der Waals surface area contributed by atoms with Crippen molar-refractivity contribution in [1.29, 1.82) is 0 Å². The fourth-order valence-corrected chi connectivity index (χ4v) is 9.11. The molecule has 64 heavy (non-hydrogen) atoms. The summed E-state index contributed by atoms with van der Waals surface area (Å²) in [6, 6.07) is -1.00. The SMILES string of the molecule is CCCCCCCCCCC/C=C\CCCCCCCCC(O)C(=O)NC(CO)C(O)C(O)CCC/C=C/CCCCCCCCCCCCCCCCCCCCCCCCCC. The maximum Gasteiger partial charge on any atom is 0.249 e. The Bertz CT molecular complexity index is 970. The molecule has 0 saturated heterocycles. The number of hydrogen-bond acceptors (Lipinski definition) is 5. The molecular weight excluding hydrogens is 791 g/mol. The van der Waals surface area contributed by atoms with Gasteiger partial charge < -0.3 is 25.7 Å². The van der Waals surface area contributed by atoms with Gasteiger partial charge in [-0.1, -0.05) is 269 Å². The summed E-state index contributed by atoms with van der Waals surface area (Å²) in [4.78, 5) is 12.6. The molecule has 4 unspecified atom stereocenters. The van der Waals surface area contributed by atoms with Gasteiger partial charge in [0.2, 0.25) is 5.91 Å². The van der Waals surface area contributed by atoms with E-state index in [4.69, 9.17) is 0 Å². The van der Waals surface area contributed by atoms with Crippen LogP contribution in [0.4, 0.5) is 0 Å². The molecule has 0 bridgehead atoms. The van der Waals surface area contributed by atoms with E-state index in [0.29, 0.717) is 12.8 Å². The second kappa shape index (κ2) is 52.8. The largest absolute Gasteiger partial charge is 0.394 e. The summed E-state index contributed by atoms with van der Waals surface area (Å²) >= 11 is 0. The molecule has 0 aliphatic rings. The van der Waals surface area contributed by atoms with Gasteiger partial charge in [0.25, 0.3) is 0 Å². The maximum atomic E-state index is 12.6. The van der Waals surface area contributed by atoms with E-state index in [9.17, 15) is 25.2 Å². The second-order valence-corrected chi connectivity index (χ2v) is 20.0. The number of amides is 1. The first-order valence-electron chi connectivity index (χ1n) is 28.7. The Labute approximate surface area is 399 Å². The van der Waals surface area contributed by atoms with Gasteiger partial charge in [-0.2, -0.15) is 0 Å². The number of hydrogen-bond donors (Lipinski definition) is 5. The van der Waals surface area contributed by atoms with Crippen LogP contribution in [0.25, 0.3) is 0 Å². The van der Waals surface area contributed by atoms with Crippen LogP contribution in [0.2, 0.25) is 0 Å². The summed E-state index contributed by atoms with van der Waals surface area (Å²) in [6.07, 6.45) is 64.0. The fraction of sp³-hybridized carbons (Fsp3) is 0.914. The molecule has 0 aromatic carbocycles. The van der Waals surface area contributed by atoms with E-state index in [-0.39, 0.29) is 0 Å². The Kier molecular flexibility index (Phi) is 51.8. The summed E-state index contributed by atoms with van der Waals surface area (Å²) in [5.41, 5.74) is 0. The molecule has 380 valence electrons. The number of unbranched alkanes of at least 4 members (excludes halogenated alkanes) is 40. The molecule has 6 nitrogen and oxygen atoms in total. The molecule has 0 spiro atoms. The molecule has 0 aliphatic heterocycles. The van der Waals surface area contributed by atoms with Crippen LogP contribution in [-0.2, 0) is 4.79 Å². The fourth-order valence-electron chi connectivity index (χ4n) is 9.11. The zero-order chi connectivity index (χ0) is 46.7. The molecule has 0 fully saturated rings. The zero-order valence-electron chi connectivity index (χ0n) is 43.0. The molecule has 0 heterocycles. The number of nitrogens with one attached hydrogen (secondary N) is 1. The standard InChI is InChI=1S/C58H113NO5/c1-3-5-7-9-11-13-15-17-19-21-23-24-25-26-27-28-29-30-31-32-34-35-37-39-41-43-45-47-49-51-55(61)57(63)54(53-60)59-58(64)56(62)52-50-48-46-44-42-40-38-36-33-22-20-18-16-14-12-10-8-6-4-2/h33,36,43,45,54-57,60-63H,3-32,34-35,37-42,44,46-53H2,1-2H3,(H,59,64)/b36-33-,45-43+. The van der Waals surface area contributed by atoms with Crippen LogP contribution in [-0.4, -0.2) is 57.3 Å². The van der Waals surface area contributed by atoms with Crippen molar-refractivity contribution in [3.8, 4) is 0 Å². The highest BCUT2D eigenvalue weighted by molar-refractivity contribution is 5.80. The normalized spacial score (nSPS) is 13.9. The third-order valence-corrected chi connectivity index (χ3v) is 13.6. The van der Waals surface area contributed by atoms with Crippen molar-refractivity contribution < 1.29 is 25.2 Å². The van der Waals surface area contributed by atoms with E-state index >= 15 is 0 Å². The lowest BCUT2D eigenvalue weighted by molar-refractivity contribution is -0.132. The van der Waals surface area contributed by atoms with E-state index in [1.807, 2.05) is 0 Å². The van der Waals surface area contributed by atoms with Gasteiger partial charge in [-0.3, -0.25) is 4.79 Å². The van der Waals surface area contributed by atoms with Gasteiger partial charge in [0.05, 0.1) is 18.8 Å². The third-order valence-electron chi connectivity index (χ3n) is 13.6. The quantitative estimate of drug-likeness (QED) is 0.0308. The Balaban J connectivity index is 3.63. The van der Waals surface area contributed by atoms with Crippen molar-refractivity contribution in [3.05, 3.63) is 24.3 Å². The Hall–Kier alpha value is -1.21. The predicted molar refractivity (Wildman–Crippen MR) is 279 cm³/mol. The molecule has 6 heteroatoms. The second-order valence-electron chi connectivity index (χ2n) is 20.0. The molecule has 0 radical (unpaired) electrons. The molecule has 0 aliphatic carbocycles. The summed E-state index contributed by atoms with van der Waals surface area (Å²) in [5.74, 6) is -0.594. The lowest BCUT2D eigenvalue weighted by Crippen LogP contribution is -2.53. The minimum atomic E-state index is -1.28. The van der Waals surface area contributed by atoms with Crippen molar-refractivity contribution in [1.82, 2.24) is 5.32 Å². The molecule has 1 amide bonds. The molecular formula is C58H113NO5. The van der Waals surface area contributed by atoms with Gasteiger partial charge in [-0.15, -0.1) is 0 Å². The number of rotatable bonds is 53. The van der Waals surface area contributed by atoms with Gasteiger partial charge in [0.15, 0.2) is 0 Å². The van der Waals surface area contributed by atoms with E-state index in [0.717, 1.165) is 44.9 Å². The highest BCUT2D eigenvalue weighted by atomic mass is 16.3. The molecule has 0 rings (SSSR count). The van der Waals surface area contributed by atoms with Crippen LogP contribution in [0, 0.1) is 0 Å². The van der Waals surface area contributed by atoms with E-state index in [1.165, 1.54) is 238 Å². The van der Waals surface area contributed by atoms with E-state index in [2.05, 4.69) is 43.5 Å². The molecule has 0 aromatic heterocycles. The average molecular weight is 905 g/mol. The van der Waals surface area contributed by atoms with Gasteiger partial charge in [-0.25, -0.2) is 0 Å². The molecule has 0 aromatic rings. The monoisotopic (exact) mass is 904 g/mol. The number of allylic oxidation sites excluding steroid dienone is 4. The van der Waals surface area contributed by atoms with Crippen molar-refractivity contribution in [2.24, 2.45) is 0 Å². The first kappa shape index (κ1) is 62.8. The van der Waals surface area contributed by atoms with Gasteiger partial charge in [-0.05, 0) is 64.2 Å². The van der Waals surface area contributed by atoms with Gasteiger partial charge >= 0.3 is 0 Å². The number of carbonyl (C=O) groups is 1. The van der Waals surface area contributed by atoms with Crippen LogP contribution >= 0.6 is 0 Å². The smallest absolute Gasteiger partial charge is 0.249 e. The van der Waals surface area contributed by atoms with Crippen LogP contribution < -0.4 is 5.32 Å². The van der Waals surface area contributed by atoms with Crippen LogP contribution in [0.15, 0.2) is 24.3 Å². The van der Waals surface area contributed by atoms with Crippen molar-refractivity contribution in [2.75, 3.05) is 6.61 Å². The molecule has 4 atom stereocenters. The van der Waals surface area contributed by atoms with Crippen LogP contribution in [0.3, 0.4) is 0 Å². The summed E-state index contributed by atoms with van der Waals surface area (Å²) in [7, 11) is 0. The predicted octanol–water partition coefficient (Wildman–Crippen LogP) is 16.6. The summed E-state index contributed by atoms with van der Waals surface area (Å²) in [5, 5.41) is 44.0. The Morgan fingerprint density at radius 3 is 0.938 bits per heavy atom. The minimum Gasteiger partial charge on any atom is -0.394 e. The van der Waals surface area contributed by atoms with Crippen molar-refractivity contribution in [2.45, 2.75) is 334 Å². The lowest BCUT2D eigenvalue weighted by Gasteiger charge is -2.27. The van der Waals surface area contributed by atoms with E-state index < -0.39 is 36.9 Å². The van der Waals surface area contributed by atoms with Crippen molar-refractivity contribution in [3.63, 3.8) is 0 Å². The van der Waals surface area contributed by atoms with Crippen LogP contribution in [0.5, 0.6) is 0 Å². The van der Waals surface area contributed by atoms with Gasteiger partial charge in [0, 0.05) is 0 Å². The number of carbonyl (C=O) groups excluding carboxylic acids is 1. The van der Waals surface area contributed by atoms with Gasteiger partial charge in [0.1, 0.15) is 12.2 Å². The molecule has 5 N–H and O–H groups in total. The maximum absolute atomic E-state index is 12.6. The topological polar surface area (TPSA) is 110 Å². The average Bonchev–Trinajstić information content (AvgIpc) is 3.30. The van der Waals surface area contributed by atoms with Crippen molar-refractivity contribution >= 4 is 5.91 Å². The summed E-state index contributed by atoms with van der Waals surface area (Å²) in [6.45, 7) is 4.07. The van der Waals surface area contributed by atoms with E-state index in [1.54, 1.807) is 0 Å². The minimum absolute atomic E-state index is 0.357. The first-order chi connectivity index (χ1) is 31.5. The van der Waals surface area contributed by atoms with Crippen LogP contribution in [0.1, 0.15) is 309 Å². The first-order valence-corrected chi connectivity index (χ1v) is 28.7. The molecule has 0 saturated carbocycles. The zero-order valence-corrected chi connectivity index (χ0v) is 43.0. The summed E-state index contributed by atoms with van der Waals surface area (Å²) < 4.78 is 0. The highest BCUT2D eigenvalue weighted by Gasteiger charge is 2.28. The Morgan fingerprint density at radius 1 is 0.375 bits per heavy atom. The third kappa shape index (κ3) is 45.9. The Morgan fingerprint density at radius 2 is 0.641 bits per heavy atom. The highest BCUT2D eigenvalue weighted by Crippen LogP contribution is 2.18.